The van der Waals surface area contributed by atoms with Crippen molar-refractivity contribution in [2.45, 2.75) is 39.2 Å². The highest BCUT2D eigenvalue weighted by Crippen LogP contribution is 2.28. The van der Waals surface area contributed by atoms with Gasteiger partial charge in [-0.3, -0.25) is 4.79 Å². The molecule has 0 aromatic rings. The van der Waals surface area contributed by atoms with E-state index < -0.39 is 12.0 Å². The van der Waals surface area contributed by atoms with Gasteiger partial charge in [-0.2, -0.15) is 0 Å². The molecule has 0 aliphatic carbocycles. The van der Waals surface area contributed by atoms with Crippen LogP contribution in [-0.2, 0) is 9.53 Å². The molecule has 0 aromatic heterocycles. The largest absolute Gasteiger partial charge is 0.465 e. The summed E-state index contributed by atoms with van der Waals surface area (Å²) in [5, 5.41) is 19.0. The van der Waals surface area contributed by atoms with Crippen LogP contribution in [0.1, 0.15) is 33.1 Å². The Morgan fingerprint density at radius 3 is 2.75 bits per heavy atom. The molecule has 4 heteroatoms. The third kappa shape index (κ3) is 3.19. The average molecular weight is 230 g/mol. The quantitative estimate of drug-likeness (QED) is 0.667. The van der Waals surface area contributed by atoms with Gasteiger partial charge in [0.25, 0.3) is 0 Å². The molecule has 1 aliphatic rings. The molecule has 1 fully saturated rings. The molecule has 1 saturated heterocycles. The van der Waals surface area contributed by atoms with Gasteiger partial charge in [-0.05, 0) is 18.8 Å². The summed E-state index contributed by atoms with van der Waals surface area (Å²) in [6.45, 7) is 4.37. The fourth-order valence-corrected chi connectivity index (χ4v) is 2.06. The van der Waals surface area contributed by atoms with Gasteiger partial charge in [-0.1, -0.05) is 20.3 Å². The Balaban J connectivity index is 2.45. The molecule has 1 heterocycles. The summed E-state index contributed by atoms with van der Waals surface area (Å²) in [5.41, 5.74) is 0. The van der Waals surface area contributed by atoms with Crippen LogP contribution in [-0.4, -0.2) is 35.5 Å². The Labute approximate surface area is 96.6 Å². The molecule has 1 aliphatic heterocycles. The highest BCUT2D eigenvalue weighted by atomic mass is 16.5. The Kier molecular flexibility index (Phi) is 5.22. The van der Waals surface area contributed by atoms with Crippen molar-refractivity contribution >= 4 is 5.97 Å². The SMILES string of the molecule is CC[C@@H](C)CC[C@H](O)[C@H]1C(=O)OC[C@@H]1CO. The Morgan fingerprint density at radius 1 is 1.50 bits per heavy atom. The fourth-order valence-electron chi connectivity index (χ4n) is 2.06. The molecule has 0 saturated carbocycles. The summed E-state index contributed by atoms with van der Waals surface area (Å²) >= 11 is 0. The molecular formula is C12H22O4. The van der Waals surface area contributed by atoms with Crippen molar-refractivity contribution in [2.75, 3.05) is 13.2 Å². The second-order valence-corrected chi connectivity index (χ2v) is 4.76. The van der Waals surface area contributed by atoms with Crippen LogP contribution in [0.3, 0.4) is 0 Å². The van der Waals surface area contributed by atoms with Crippen LogP contribution in [0.4, 0.5) is 0 Å². The van der Waals surface area contributed by atoms with Crippen molar-refractivity contribution in [3.8, 4) is 0 Å². The van der Waals surface area contributed by atoms with Crippen molar-refractivity contribution in [1.29, 1.82) is 0 Å². The van der Waals surface area contributed by atoms with Crippen molar-refractivity contribution in [1.82, 2.24) is 0 Å². The molecule has 1 rings (SSSR count). The first kappa shape index (κ1) is 13.5. The molecule has 16 heavy (non-hydrogen) atoms. The number of carbonyl (C=O) groups excluding carboxylic acids is 1. The third-order valence-electron chi connectivity index (χ3n) is 3.52. The van der Waals surface area contributed by atoms with E-state index in [1.807, 2.05) is 0 Å². The van der Waals surface area contributed by atoms with E-state index in [0.29, 0.717) is 12.3 Å². The maximum atomic E-state index is 11.4. The Hall–Kier alpha value is -0.610. The number of cyclic esters (lactones) is 1. The zero-order valence-electron chi connectivity index (χ0n) is 10.1. The van der Waals surface area contributed by atoms with Crippen molar-refractivity contribution in [3.05, 3.63) is 0 Å². The van der Waals surface area contributed by atoms with Crippen LogP contribution >= 0.6 is 0 Å². The minimum Gasteiger partial charge on any atom is -0.465 e. The standard InChI is InChI=1S/C12H22O4/c1-3-8(2)4-5-10(14)11-9(6-13)7-16-12(11)15/h8-11,13-14H,3-7H2,1-2H3/t8-,9+,10+,11+/m1/s1. The number of hydrogen-bond acceptors (Lipinski definition) is 4. The minimum atomic E-state index is -0.679. The number of rotatable bonds is 6. The van der Waals surface area contributed by atoms with Gasteiger partial charge in [0.05, 0.1) is 25.2 Å². The maximum Gasteiger partial charge on any atom is 0.312 e. The van der Waals surface area contributed by atoms with Crippen molar-refractivity contribution < 1.29 is 19.7 Å². The van der Waals surface area contributed by atoms with Gasteiger partial charge in [-0.25, -0.2) is 0 Å². The first-order valence-electron chi connectivity index (χ1n) is 6.05. The van der Waals surface area contributed by atoms with E-state index in [1.165, 1.54) is 0 Å². The van der Waals surface area contributed by atoms with E-state index in [9.17, 15) is 9.90 Å². The van der Waals surface area contributed by atoms with Crippen LogP contribution < -0.4 is 0 Å². The lowest BCUT2D eigenvalue weighted by atomic mass is 9.87. The second-order valence-electron chi connectivity index (χ2n) is 4.76. The summed E-state index contributed by atoms with van der Waals surface area (Å²) in [4.78, 5) is 11.4. The number of hydrogen-bond donors (Lipinski definition) is 2. The molecule has 4 nitrogen and oxygen atoms in total. The van der Waals surface area contributed by atoms with Crippen LogP contribution in [0.2, 0.25) is 0 Å². The smallest absolute Gasteiger partial charge is 0.312 e. The summed E-state index contributed by atoms with van der Waals surface area (Å²) in [6.07, 6.45) is 1.90. The molecule has 0 bridgehead atoms. The fraction of sp³-hybridized carbons (Fsp3) is 0.917. The number of esters is 1. The lowest BCUT2D eigenvalue weighted by molar-refractivity contribution is -0.144. The number of aliphatic hydroxyl groups excluding tert-OH is 2. The predicted molar refractivity (Wildman–Crippen MR) is 59.7 cm³/mol. The zero-order chi connectivity index (χ0) is 12.1. The summed E-state index contributed by atoms with van der Waals surface area (Å²) in [7, 11) is 0. The highest BCUT2D eigenvalue weighted by Gasteiger charge is 2.41. The lowest BCUT2D eigenvalue weighted by Gasteiger charge is -2.20. The zero-order valence-corrected chi connectivity index (χ0v) is 10.1. The van der Waals surface area contributed by atoms with Gasteiger partial charge < -0.3 is 14.9 Å². The number of ether oxygens (including phenoxy) is 1. The molecule has 0 spiro atoms. The van der Waals surface area contributed by atoms with Gasteiger partial charge in [0.1, 0.15) is 0 Å². The Bertz CT molecular complexity index is 229. The first-order valence-corrected chi connectivity index (χ1v) is 6.05. The van der Waals surface area contributed by atoms with Crippen molar-refractivity contribution in [3.63, 3.8) is 0 Å². The second kappa shape index (κ2) is 6.21. The van der Waals surface area contributed by atoms with E-state index in [2.05, 4.69) is 13.8 Å². The van der Waals surface area contributed by atoms with Crippen LogP contribution in [0.25, 0.3) is 0 Å². The molecule has 0 aromatic carbocycles. The molecule has 4 atom stereocenters. The van der Waals surface area contributed by atoms with E-state index >= 15 is 0 Å². The molecular weight excluding hydrogens is 208 g/mol. The maximum absolute atomic E-state index is 11.4. The van der Waals surface area contributed by atoms with Gasteiger partial charge in [0.15, 0.2) is 0 Å². The molecule has 0 unspecified atom stereocenters. The number of aliphatic hydroxyl groups is 2. The molecule has 2 N–H and O–H groups in total. The number of carbonyl (C=O) groups is 1. The average Bonchev–Trinajstić information content (AvgIpc) is 2.66. The topological polar surface area (TPSA) is 66.8 Å². The minimum absolute atomic E-state index is 0.100. The third-order valence-corrected chi connectivity index (χ3v) is 3.52. The predicted octanol–water partition coefficient (Wildman–Crippen LogP) is 0.955. The van der Waals surface area contributed by atoms with Gasteiger partial charge in [0.2, 0.25) is 0 Å². The van der Waals surface area contributed by atoms with E-state index in [0.717, 1.165) is 12.8 Å². The van der Waals surface area contributed by atoms with E-state index in [1.54, 1.807) is 0 Å². The summed E-state index contributed by atoms with van der Waals surface area (Å²) in [6, 6.07) is 0. The lowest BCUT2D eigenvalue weighted by Crippen LogP contribution is -2.31. The van der Waals surface area contributed by atoms with Gasteiger partial charge in [-0.15, -0.1) is 0 Å². The van der Waals surface area contributed by atoms with Crippen LogP contribution in [0.5, 0.6) is 0 Å². The van der Waals surface area contributed by atoms with Crippen LogP contribution in [0, 0.1) is 17.8 Å². The molecule has 94 valence electrons. The molecule has 0 amide bonds. The highest BCUT2D eigenvalue weighted by molar-refractivity contribution is 5.75. The molecule has 0 radical (unpaired) electrons. The van der Waals surface area contributed by atoms with Crippen molar-refractivity contribution in [2.24, 2.45) is 17.8 Å². The van der Waals surface area contributed by atoms with Crippen LogP contribution in [0.15, 0.2) is 0 Å². The monoisotopic (exact) mass is 230 g/mol. The van der Waals surface area contributed by atoms with E-state index in [-0.39, 0.29) is 25.1 Å². The Morgan fingerprint density at radius 2 is 2.19 bits per heavy atom. The van der Waals surface area contributed by atoms with Gasteiger partial charge >= 0.3 is 5.97 Å². The van der Waals surface area contributed by atoms with E-state index in [4.69, 9.17) is 9.84 Å². The van der Waals surface area contributed by atoms with Gasteiger partial charge in [0, 0.05) is 5.92 Å². The summed E-state index contributed by atoms with van der Waals surface area (Å²) in [5.74, 6) is -0.580. The normalized spacial score (nSPS) is 28.9. The summed E-state index contributed by atoms with van der Waals surface area (Å²) < 4.78 is 4.86. The first-order chi connectivity index (χ1) is 7.60.